The Hall–Kier alpha value is -13.4. The fourth-order valence-electron chi connectivity index (χ4n) is 13.3. The van der Waals surface area contributed by atoms with E-state index in [1.807, 2.05) is 0 Å². The molecule has 0 bridgehead atoms. The van der Waals surface area contributed by atoms with E-state index in [2.05, 4.69) is 126 Å². The number of halogens is 4. The van der Waals surface area contributed by atoms with E-state index >= 15 is 0 Å². The van der Waals surface area contributed by atoms with Crippen molar-refractivity contribution in [3.63, 3.8) is 0 Å². The van der Waals surface area contributed by atoms with Gasteiger partial charge in [-0.1, -0.05) is 109 Å². The number of para-hydroxylation sites is 4. The molecule has 0 saturated carbocycles. The van der Waals surface area contributed by atoms with Crippen molar-refractivity contribution in [1.29, 1.82) is 0 Å². The van der Waals surface area contributed by atoms with Gasteiger partial charge in [0.2, 0.25) is 0 Å². The van der Waals surface area contributed by atoms with E-state index in [4.69, 9.17) is 23.7 Å². The number of aromatic nitrogens is 12. The van der Waals surface area contributed by atoms with Crippen LogP contribution in [-0.4, -0.2) is 191 Å². The molecule has 4 atom stereocenters. The molecule has 4 unspecified atom stereocenters. The van der Waals surface area contributed by atoms with Gasteiger partial charge >= 0.3 is 47.8 Å². The summed E-state index contributed by atoms with van der Waals surface area (Å²) in [6.07, 6.45) is 4.68. The number of esters is 5. The van der Waals surface area contributed by atoms with Gasteiger partial charge in [-0.2, -0.15) is 0 Å². The molecule has 8 aromatic rings. The molecule has 712 valence electrons. The van der Waals surface area contributed by atoms with Gasteiger partial charge in [-0.05, 0) is 150 Å². The van der Waals surface area contributed by atoms with E-state index in [0.29, 0.717) is 0 Å². The predicted octanol–water partition coefficient (Wildman–Crippen LogP) is 8.98. The minimum absolute atomic E-state index is 0.0179. The zero-order valence-corrected chi connectivity index (χ0v) is 79.4. The van der Waals surface area contributed by atoms with Crippen molar-refractivity contribution in [2.75, 3.05) is 0 Å². The average Bonchev–Trinajstić information content (AvgIpc) is 1.62. The Morgan fingerprint density at radius 3 is 0.767 bits per heavy atom. The van der Waals surface area contributed by atoms with Crippen LogP contribution in [-0.2, 0) is 141 Å². The zero-order chi connectivity index (χ0) is 98.7. The Morgan fingerprint density at radius 1 is 0.361 bits per heavy atom. The first kappa shape index (κ1) is 105. The van der Waals surface area contributed by atoms with E-state index < -0.39 is 241 Å². The van der Waals surface area contributed by atoms with Gasteiger partial charge in [-0.15, -0.1) is 20.4 Å². The van der Waals surface area contributed by atoms with E-state index in [-0.39, 0.29) is 96.9 Å². The fraction of sp³-hybridized carbons (Fsp3) is 0.457. The van der Waals surface area contributed by atoms with Crippen molar-refractivity contribution in [3.8, 4) is 0 Å². The Bertz CT molecular complexity index is 5350. The second kappa shape index (κ2) is 44.7. The van der Waals surface area contributed by atoms with Gasteiger partial charge in [0, 0.05) is 5.41 Å². The first-order valence-electron chi connectivity index (χ1n) is 40.0. The molecule has 0 saturated heterocycles. The number of carbonyl (C=O) groups excluding carboxylic acids is 9. The highest BCUT2D eigenvalue weighted by Gasteiger charge is 2.43. The number of nitro benzene ring substituents is 4. The molecule has 8 rings (SSSR count). The summed E-state index contributed by atoms with van der Waals surface area (Å²) in [6.45, 7) is 10.4. The highest BCUT2D eigenvalue weighted by molar-refractivity contribution is 9.10. The van der Waals surface area contributed by atoms with Crippen molar-refractivity contribution < 1.29 is 116 Å². The Balaban J connectivity index is 1.14. The van der Waals surface area contributed by atoms with Crippen LogP contribution < -0.4 is 21.3 Å². The monoisotopic (exact) mass is 2110 g/mol. The number of benzene rings is 4. The molecule has 4 aromatic heterocycles. The summed E-state index contributed by atoms with van der Waals surface area (Å²) in [5.74, 6) is -12.0. The van der Waals surface area contributed by atoms with Crippen LogP contribution >= 0.6 is 63.7 Å². The molecule has 133 heavy (non-hydrogen) atoms. The molecule has 4 heterocycles. The van der Waals surface area contributed by atoms with Crippen molar-refractivity contribution in [2.45, 2.75) is 206 Å². The highest BCUT2D eigenvalue weighted by Crippen LogP contribution is 2.38. The van der Waals surface area contributed by atoms with Gasteiger partial charge in [0.1, 0.15) is 96.4 Å². The molecule has 0 radical (unpaired) electrons. The maximum atomic E-state index is 14.2. The van der Waals surface area contributed by atoms with Crippen molar-refractivity contribution >= 4 is 158 Å². The topological polar surface area (TPSA) is 655 Å². The third-order valence-electron chi connectivity index (χ3n) is 20.1. The molecule has 52 heteroatoms. The molecule has 7 N–H and O–H groups in total. The van der Waals surface area contributed by atoms with Crippen LogP contribution in [0.4, 0.5) is 22.7 Å². The summed E-state index contributed by atoms with van der Waals surface area (Å²) in [6, 6.07) is 14.8. The molecule has 4 aromatic carbocycles. The smallest absolute Gasteiger partial charge is 0.320 e. The normalized spacial score (nSPS) is 13.1. The number of ether oxygens (including phenoxy) is 5. The van der Waals surface area contributed by atoms with Crippen LogP contribution in [0.2, 0.25) is 0 Å². The third-order valence-corrected chi connectivity index (χ3v) is 23.0. The van der Waals surface area contributed by atoms with Gasteiger partial charge < -0.3 is 60.3 Å². The van der Waals surface area contributed by atoms with E-state index in [0.717, 1.165) is 24.3 Å². The molecule has 0 spiro atoms. The van der Waals surface area contributed by atoms with Crippen LogP contribution in [0.1, 0.15) is 188 Å². The summed E-state index contributed by atoms with van der Waals surface area (Å²) in [5.41, 5.74) is -13.5. The second-order valence-electron chi connectivity index (χ2n) is 34.2. The summed E-state index contributed by atoms with van der Waals surface area (Å²) >= 11 is 12.3. The SMILES string of the molecule is CC(C)(C)OC(=O)C(Br)CC(C)(C)C(=O)OCc1cccc(C(=O)NCc2cn(CC(Cn3cc(CNC(=O)c4cccc(COC(=O)C(C)(C)CC(Br)C(=O)O)c4[N+](=O)[O-])nn3)(Cn3cc(CNC(=O)c4cccc(COC(=O)C(C)(C)CC(Br)C(=O)O)c4[N+](=O)[O-])nn3)Cn3cc(CNC(=O)c4cccc(COC(=O)C(C)(C)CC(Br)C(=O)O)c4[N+](=O)[O-])nn3)nn2)c1[N+](=O)[O-]. The first-order valence-corrected chi connectivity index (χ1v) is 43.7. The van der Waals surface area contributed by atoms with Crippen LogP contribution in [0.15, 0.2) is 97.6 Å². The summed E-state index contributed by atoms with van der Waals surface area (Å²) in [4.78, 5) is 201. The third kappa shape index (κ3) is 29.0. The van der Waals surface area contributed by atoms with Crippen molar-refractivity contribution in [2.24, 2.45) is 27.1 Å². The number of amides is 4. The standard InChI is InChI=1S/C81H92Br4N20O28/c1-76(2,3)133-71(116)59(85)27-80(10,11)75(120)132-39-47-19-15-23-55(63(47)105(127)128)67(109)89-31-51-35-101(97-93-51)43-81(40-98-32-48(90-94-98)28-86-64(106)52-20-12-16-44(60(52)102(121)122)36-129-72(117)77(4,5)24-56(82)68(110)111,41-99-33-49(91-95-99)29-87-65(107)53-21-13-17-45(61(53)103(123)124)37-130-73(118)78(6,7)25-57(83)69(112)113)42-100-34-50(92-96-100)30-88-66(108)54-22-14-18-46(62(54)104(125)126)38-131-74(119)79(8,9)26-58(84)70(114)115/h12-23,32-35,56-59H,24-31,36-43H2,1-11H3,(H,86,106)(H,87,107)(H,88,108)(H,89,109)(H,110,111)(H,112,113)(H,114,115). The number of nitro groups is 4. The number of nitrogens with zero attached hydrogens (tertiary/aromatic N) is 16. The molecule has 4 amide bonds. The minimum atomic E-state index is -1.55. The molecular formula is C81H92Br4N20O28. The van der Waals surface area contributed by atoms with E-state index in [1.54, 1.807) is 20.8 Å². The molecular weight excluding hydrogens is 2020 g/mol. The van der Waals surface area contributed by atoms with Gasteiger partial charge in [-0.25, -0.2) is 0 Å². The zero-order valence-electron chi connectivity index (χ0n) is 73.1. The van der Waals surface area contributed by atoms with E-state index in [9.17, 15) is 113 Å². The second-order valence-corrected chi connectivity index (χ2v) is 38.6. The van der Waals surface area contributed by atoms with Crippen LogP contribution in [0.5, 0.6) is 0 Å². The van der Waals surface area contributed by atoms with Crippen LogP contribution in [0.25, 0.3) is 0 Å². The maximum Gasteiger partial charge on any atom is 0.320 e. The van der Waals surface area contributed by atoms with Crippen LogP contribution in [0.3, 0.4) is 0 Å². The number of carboxylic acids is 3. The Kier molecular flexibility index (Phi) is 35.3. The first-order chi connectivity index (χ1) is 62.1. The quantitative estimate of drug-likeness (QED) is 0.00614. The van der Waals surface area contributed by atoms with Gasteiger partial charge in [0.15, 0.2) is 0 Å². The van der Waals surface area contributed by atoms with Gasteiger partial charge in [0.05, 0.1) is 141 Å². The maximum absolute atomic E-state index is 14.2. The molecule has 0 aliphatic rings. The van der Waals surface area contributed by atoms with Crippen molar-refractivity contribution in [3.05, 3.63) is 205 Å². The summed E-state index contributed by atoms with van der Waals surface area (Å²) in [5, 5.41) is 124. The predicted molar refractivity (Wildman–Crippen MR) is 472 cm³/mol. The summed E-state index contributed by atoms with van der Waals surface area (Å²) < 4.78 is 32.4. The highest BCUT2D eigenvalue weighted by atomic mass is 79.9. The average molecular weight is 2110 g/mol. The number of carbonyl (C=O) groups is 12. The van der Waals surface area contributed by atoms with Gasteiger partial charge in [-0.3, -0.25) is 117 Å². The number of hydrogen-bond acceptors (Lipinski definition) is 33. The lowest BCUT2D eigenvalue weighted by molar-refractivity contribution is -0.386. The number of aliphatic carboxylic acids is 3. The van der Waals surface area contributed by atoms with Crippen LogP contribution in [0, 0.1) is 67.5 Å². The number of rotatable bonds is 48. The number of hydrogen-bond donors (Lipinski definition) is 7. The molecule has 48 nitrogen and oxygen atoms in total. The lowest BCUT2D eigenvalue weighted by Gasteiger charge is -2.33. The fourth-order valence-corrected chi connectivity index (χ4v) is 16.7. The number of alkyl halides is 4. The Morgan fingerprint density at radius 2 is 0.571 bits per heavy atom. The molecule has 0 fully saturated rings. The Labute approximate surface area is 788 Å². The van der Waals surface area contributed by atoms with E-state index in [1.165, 1.54) is 147 Å². The molecule has 0 aliphatic carbocycles. The largest absolute Gasteiger partial charge is 0.480 e. The lowest BCUT2D eigenvalue weighted by Crippen LogP contribution is -2.41. The number of nitrogens with one attached hydrogen (secondary N) is 4. The molecule has 0 aliphatic heterocycles. The van der Waals surface area contributed by atoms with Crippen molar-refractivity contribution in [1.82, 2.24) is 81.2 Å². The van der Waals surface area contributed by atoms with Gasteiger partial charge in [0.25, 0.3) is 46.4 Å². The lowest BCUT2D eigenvalue weighted by atomic mass is 9.87. The number of carboxylic acid groups (broad SMARTS) is 3. The summed E-state index contributed by atoms with van der Waals surface area (Å²) in [7, 11) is 0. The minimum Gasteiger partial charge on any atom is -0.480 e.